The minimum absolute atomic E-state index is 0.300. The normalized spacial score (nSPS) is 18.1. The minimum Gasteiger partial charge on any atom is -0.456 e. The molecule has 11 rings (SSSR count). The first-order valence-electron chi connectivity index (χ1n) is 19.2. The molecule has 0 saturated carbocycles. The summed E-state index contributed by atoms with van der Waals surface area (Å²) < 4.78 is 13.2. The molecule has 0 amide bonds. The van der Waals surface area contributed by atoms with Gasteiger partial charge in [0.1, 0.15) is 22.3 Å². The average molecular weight is 685 g/mol. The van der Waals surface area contributed by atoms with Gasteiger partial charge in [0.15, 0.2) is 0 Å². The molecular weight excluding hydrogens is 645 g/mol. The van der Waals surface area contributed by atoms with Crippen LogP contribution in [0.4, 0.5) is 0 Å². The summed E-state index contributed by atoms with van der Waals surface area (Å²) in [6.07, 6.45) is 3.13. The second-order valence-corrected chi connectivity index (χ2v) is 15.6. The summed E-state index contributed by atoms with van der Waals surface area (Å²) in [5.41, 5.74) is 20.1. The van der Waals surface area contributed by atoms with E-state index in [0.717, 1.165) is 52.4 Å². The third kappa shape index (κ3) is 4.64. The number of benzene rings is 7. The molecule has 2 nitrogen and oxygen atoms in total. The number of hydrogen-bond acceptors (Lipinski definition) is 2. The molecule has 7 aromatic carbocycles. The van der Waals surface area contributed by atoms with Crippen molar-refractivity contribution < 1.29 is 8.83 Å². The maximum atomic E-state index is 6.61. The van der Waals surface area contributed by atoms with Crippen molar-refractivity contribution in [3.8, 4) is 22.3 Å². The van der Waals surface area contributed by atoms with Crippen molar-refractivity contribution in [2.45, 2.75) is 57.8 Å². The van der Waals surface area contributed by atoms with E-state index in [2.05, 4.69) is 154 Å². The maximum Gasteiger partial charge on any atom is 0.139 e. The largest absolute Gasteiger partial charge is 0.456 e. The fraction of sp³-hybridized carbons (Fsp3) is 0.176. The SMILES string of the molecule is Cc1cc2oc3cc4oc5cc(C)c(C6Cc7ccccc7-c7ccccc7C6C)cc5c4cc3c2cc1C1CCc2ccccc2-c2ccccc21. The maximum absolute atomic E-state index is 6.61. The van der Waals surface area contributed by atoms with Gasteiger partial charge < -0.3 is 8.83 Å². The lowest BCUT2D eigenvalue weighted by molar-refractivity contribution is 0.577. The van der Waals surface area contributed by atoms with Gasteiger partial charge in [0, 0.05) is 33.5 Å². The van der Waals surface area contributed by atoms with Crippen molar-refractivity contribution in [3.05, 3.63) is 178 Å². The highest BCUT2D eigenvalue weighted by molar-refractivity contribution is 6.15. The zero-order valence-electron chi connectivity index (χ0n) is 30.4. The number of fused-ring (bicyclic) bond motifs is 12. The lowest BCUT2D eigenvalue weighted by Crippen LogP contribution is -2.11. The van der Waals surface area contributed by atoms with Crippen LogP contribution in [-0.2, 0) is 12.8 Å². The Labute approximate surface area is 309 Å². The number of aryl methyl sites for hydroxylation is 3. The second-order valence-electron chi connectivity index (χ2n) is 15.6. The Hall–Kier alpha value is -5.86. The van der Waals surface area contributed by atoms with Crippen molar-refractivity contribution in [2.75, 3.05) is 0 Å². The molecule has 0 saturated heterocycles. The van der Waals surface area contributed by atoms with E-state index in [1.54, 1.807) is 0 Å². The summed E-state index contributed by atoms with van der Waals surface area (Å²) in [6, 6.07) is 49.8. The van der Waals surface area contributed by atoms with Crippen LogP contribution < -0.4 is 0 Å². The van der Waals surface area contributed by atoms with Crippen LogP contribution in [-0.4, -0.2) is 0 Å². The first-order valence-corrected chi connectivity index (χ1v) is 19.2. The van der Waals surface area contributed by atoms with Crippen LogP contribution in [0.3, 0.4) is 0 Å². The van der Waals surface area contributed by atoms with E-state index >= 15 is 0 Å². The van der Waals surface area contributed by atoms with Gasteiger partial charge in [0.25, 0.3) is 0 Å². The summed E-state index contributed by atoms with van der Waals surface area (Å²) in [5, 5.41) is 4.65. The standard InChI is InChI=1S/C51H40O2/c1-29-22-48-44(25-41(29)40-21-20-32-12-4-6-15-35(32)38-18-10-11-19-39(38)40)46-27-47-45-26-42(30(2)23-49(45)53-51(47)28-50(46)52-48)43-24-33-13-5-7-16-36(33)37-17-9-8-14-34(37)31(43)3/h4-19,22-23,25-28,31,40,43H,20-21,24H2,1-3H3. The van der Waals surface area contributed by atoms with Gasteiger partial charge in [-0.05, 0) is 142 Å². The quantitative estimate of drug-likeness (QED) is 0.181. The number of furan rings is 2. The van der Waals surface area contributed by atoms with E-state index in [1.165, 1.54) is 77.5 Å². The van der Waals surface area contributed by atoms with Crippen molar-refractivity contribution in [1.29, 1.82) is 0 Å². The molecule has 0 bridgehead atoms. The van der Waals surface area contributed by atoms with Gasteiger partial charge in [-0.25, -0.2) is 0 Å². The summed E-state index contributed by atoms with van der Waals surface area (Å²) in [6.45, 7) is 6.92. The minimum atomic E-state index is 0.300. The summed E-state index contributed by atoms with van der Waals surface area (Å²) in [4.78, 5) is 0. The Bertz CT molecular complexity index is 2930. The lowest BCUT2D eigenvalue weighted by atomic mass is 9.78. The molecule has 0 aliphatic heterocycles. The molecule has 256 valence electrons. The Balaban J connectivity index is 1.07. The van der Waals surface area contributed by atoms with E-state index in [4.69, 9.17) is 8.83 Å². The van der Waals surface area contributed by atoms with Gasteiger partial charge in [-0.15, -0.1) is 0 Å². The fourth-order valence-corrected chi connectivity index (χ4v) is 10.1. The summed E-state index contributed by atoms with van der Waals surface area (Å²) >= 11 is 0. The van der Waals surface area contributed by atoms with Gasteiger partial charge in [-0.1, -0.05) is 104 Å². The van der Waals surface area contributed by atoms with Crippen LogP contribution in [0.25, 0.3) is 66.1 Å². The fourth-order valence-electron chi connectivity index (χ4n) is 10.1. The summed E-state index contributed by atoms with van der Waals surface area (Å²) in [5.74, 6) is 1.00. The molecule has 2 aliphatic rings. The molecule has 2 aliphatic carbocycles. The van der Waals surface area contributed by atoms with Gasteiger partial charge >= 0.3 is 0 Å². The highest BCUT2D eigenvalue weighted by Gasteiger charge is 2.30. The van der Waals surface area contributed by atoms with Crippen LogP contribution in [0.1, 0.15) is 75.6 Å². The smallest absolute Gasteiger partial charge is 0.139 e. The highest BCUT2D eigenvalue weighted by Crippen LogP contribution is 2.48. The zero-order chi connectivity index (χ0) is 35.4. The van der Waals surface area contributed by atoms with E-state index in [-0.39, 0.29) is 0 Å². The Morgan fingerprint density at radius 3 is 1.64 bits per heavy atom. The Morgan fingerprint density at radius 1 is 0.453 bits per heavy atom. The van der Waals surface area contributed by atoms with Crippen molar-refractivity contribution in [3.63, 3.8) is 0 Å². The lowest BCUT2D eigenvalue weighted by Gasteiger charge is -2.25. The highest BCUT2D eigenvalue weighted by atomic mass is 16.3. The Morgan fingerprint density at radius 2 is 0.943 bits per heavy atom. The molecule has 0 spiro atoms. The van der Waals surface area contributed by atoms with Gasteiger partial charge in [-0.3, -0.25) is 0 Å². The van der Waals surface area contributed by atoms with E-state index in [1.807, 2.05) is 0 Å². The molecule has 3 unspecified atom stereocenters. The predicted molar refractivity (Wildman–Crippen MR) is 219 cm³/mol. The average Bonchev–Trinajstić information content (AvgIpc) is 3.60. The van der Waals surface area contributed by atoms with Crippen LogP contribution in [0.15, 0.2) is 142 Å². The van der Waals surface area contributed by atoms with Crippen LogP contribution in [0.2, 0.25) is 0 Å². The van der Waals surface area contributed by atoms with Crippen molar-refractivity contribution in [2.24, 2.45) is 0 Å². The van der Waals surface area contributed by atoms with Gasteiger partial charge in [-0.2, -0.15) is 0 Å². The van der Waals surface area contributed by atoms with E-state index in [0.29, 0.717) is 17.8 Å². The predicted octanol–water partition coefficient (Wildman–Crippen LogP) is 14.0. The van der Waals surface area contributed by atoms with Gasteiger partial charge in [0.05, 0.1) is 0 Å². The molecule has 2 heteroatoms. The number of rotatable bonds is 2. The first kappa shape index (κ1) is 30.7. The molecule has 0 N–H and O–H groups in total. The van der Waals surface area contributed by atoms with Crippen LogP contribution in [0, 0.1) is 13.8 Å². The molecular formula is C51H40O2. The van der Waals surface area contributed by atoms with Gasteiger partial charge in [0.2, 0.25) is 0 Å². The van der Waals surface area contributed by atoms with Crippen LogP contribution in [0.5, 0.6) is 0 Å². The molecule has 2 aromatic heterocycles. The third-order valence-corrected chi connectivity index (χ3v) is 12.8. The molecule has 9 aromatic rings. The molecule has 3 atom stereocenters. The molecule has 0 fully saturated rings. The monoisotopic (exact) mass is 684 g/mol. The topological polar surface area (TPSA) is 26.3 Å². The Kier molecular flexibility index (Phi) is 6.71. The van der Waals surface area contributed by atoms with Crippen LogP contribution >= 0.6 is 0 Å². The molecule has 2 heterocycles. The summed E-state index contributed by atoms with van der Waals surface area (Å²) in [7, 11) is 0. The molecule has 53 heavy (non-hydrogen) atoms. The van der Waals surface area contributed by atoms with Crippen molar-refractivity contribution in [1.82, 2.24) is 0 Å². The molecule has 0 radical (unpaired) electrons. The zero-order valence-corrected chi connectivity index (χ0v) is 30.4. The number of hydrogen-bond donors (Lipinski definition) is 0. The first-order chi connectivity index (χ1) is 26.0. The van der Waals surface area contributed by atoms with E-state index < -0.39 is 0 Å². The van der Waals surface area contributed by atoms with E-state index in [9.17, 15) is 0 Å². The third-order valence-electron chi connectivity index (χ3n) is 12.8. The second kappa shape index (κ2) is 11.6. The van der Waals surface area contributed by atoms with Crippen molar-refractivity contribution >= 4 is 43.9 Å².